The van der Waals surface area contributed by atoms with Gasteiger partial charge in [0.25, 0.3) is 0 Å². The molecule has 200 valence electrons. The second kappa shape index (κ2) is 12.9. The number of rotatable bonds is 10. The first-order valence-corrected chi connectivity index (χ1v) is 15.3. The molecule has 4 rings (SSSR count). The van der Waals surface area contributed by atoms with E-state index in [1.807, 2.05) is 0 Å². The van der Waals surface area contributed by atoms with Crippen molar-refractivity contribution in [1.82, 2.24) is 0 Å². The summed E-state index contributed by atoms with van der Waals surface area (Å²) in [4.78, 5) is 52.1. The summed E-state index contributed by atoms with van der Waals surface area (Å²) in [5.74, 6) is -0.0223. The van der Waals surface area contributed by atoms with Gasteiger partial charge in [0.2, 0.25) is 11.8 Å². The third kappa shape index (κ3) is 6.56. The van der Waals surface area contributed by atoms with Gasteiger partial charge in [0.05, 0.1) is 25.3 Å². The number of ether oxygens (including phenoxy) is 2. The molecule has 0 unspecified atom stereocenters. The van der Waals surface area contributed by atoms with E-state index in [0.29, 0.717) is 32.6 Å². The SMILES string of the molecule is COC(=O)c1c(NC(=O)CCSCCC(=O)Nc2sc3c(c2C(=O)OC)CCCC3)sc2c1CCCC2. The van der Waals surface area contributed by atoms with Crippen molar-refractivity contribution in [2.24, 2.45) is 0 Å². The summed E-state index contributed by atoms with van der Waals surface area (Å²) in [7, 11) is 2.72. The molecule has 2 aliphatic rings. The van der Waals surface area contributed by atoms with Crippen molar-refractivity contribution in [2.45, 2.75) is 64.2 Å². The highest BCUT2D eigenvalue weighted by molar-refractivity contribution is 7.99. The van der Waals surface area contributed by atoms with Crippen molar-refractivity contribution in [3.63, 3.8) is 0 Å². The highest BCUT2D eigenvalue weighted by atomic mass is 32.2. The number of thioether (sulfide) groups is 1. The van der Waals surface area contributed by atoms with E-state index >= 15 is 0 Å². The average Bonchev–Trinajstić information content (AvgIpc) is 3.44. The summed E-state index contributed by atoms with van der Waals surface area (Å²) in [5.41, 5.74) is 3.03. The molecule has 0 radical (unpaired) electrons. The molecule has 0 bridgehead atoms. The highest BCUT2D eigenvalue weighted by Gasteiger charge is 2.28. The lowest BCUT2D eigenvalue weighted by Crippen LogP contribution is -2.16. The molecule has 2 heterocycles. The number of hydrogen-bond donors (Lipinski definition) is 2. The topological polar surface area (TPSA) is 111 Å². The van der Waals surface area contributed by atoms with Crippen LogP contribution in [0.3, 0.4) is 0 Å². The number of fused-ring (bicyclic) bond motifs is 2. The summed E-state index contributed by atoms with van der Waals surface area (Å²) in [6, 6.07) is 0. The van der Waals surface area contributed by atoms with Crippen LogP contribution in [-0.2, 0) is 44.7 Å². The molecule has 37 heavy (non-hydrogen) atoms. The molecule has 8 nitrogen and oxygen atoms in total. The molecule has 2 N–H and O–H groups in total. The summed E-state index contributed by atoms with van der Waals surface area (Å²) in [6.45, 7) is 0. The van der Waals surface area contributed by atoms with Crippen LogP contribution in [0.15, 0.2) is 0 Å². The number of hydrogen-bond acceptors (Lipinski definition) is 9. The zero-order chi connectivity index (χ0) is 26.4. The second-order valence-electron chi connectivity index (χ2n) is 9.02. The average molecular weight is 565 g/mol. The summed E-state index contributed by atoms with van der Waals surface area (Å²) < 4.78 is 9.92. The van der Waals surface area contributed by atoms with Crippen molar-refractivity contribution < 1.29 is 28.7 Å². The van der Waals surface area contributed by atoms with Crippen molar-refractivity contribution in [3.05, 3.63) is 32.0 Å². The number of nitrogens with one attached hydrogen (secondary N) is 2. The van der Waals surface area contributed by atoms with Crippen LogP contribution in [0.2, 0.25) is 0 Å². The molecule has 0 fully saturated rings. The van der Waals surface area contributed by atoms with Crippen LogP contribution in [0.5, 0.6) is 0 Å². The van der Waals surface area contributed by atoms with Gasteiger partial charge in [-0.05, 0) is 62.5 Å². The van der Waals surface area contributed by atoms with Crippen LogP contribution in [0.25, 0.3) is 0 Å². The van der Waals surface area contributed by atoms with Gasteiger partial charge in [0, 0.05) is 34.1 Å². The van der Waals surface area contributed by atoms with Crippen molar-refractivity contribution >= 4 is 68.2 Å². The van der Waals surface area contributed by atoms with E-state index in [1.54, 1.807) is 0 Å². The zero-order valence-electron chi connectivity index (χ0n) is 21.2. The molecule has 0 spiro atoms. The van der Waals surface area contributed by atoms with E-state index in [2.05, 4.69) is 10.6 Å². The van der Waals surface area contributed by atoms with Gasteiger partial charge in [-0.25, -0.2) is 9.59 Å². The van der Waals surface area contributed by atoms with E-state index in [0.717, 1.165) is 72.2 Å². The molecule has 0 aromatic carbocycles. The Morgan fingerprint density at radius 3 is 1.51 bits per heavy atom. The minimum absolute atomic E-state index is 0.160. The maximum Gasteiger partial charge on any atom is 0.341 e. The fraction of sp³-hybridized carbons (Fsp3) is 0.538. The molecular weight excluding hydrogens is 532 g/mol. The summed E-state index contributed by atoms with van der Waals surface area (Å²) in [5, 5.41) is 6.96. The fourth-order valence-electron chi connectivity index (χ4n) is 4.75. The lowest BCUT2D eigenvalue weighted by Gasteiger charge is -2.12. The Labute approximate surface area is 228 Å². The number of methoxy groups -OCH3 is 2. The van der Waals surface area contributed by atoms with E-state index < -0.39 is 11.9 Å². The first kappa shape index (κ1) is 27.7. The zero-order valence-corrected chi connectivity index (χ0v) is 23.6. The Kier molecular flexibility index (Phi) is 9.66. The molecule has 2 aromatic heterocycles. The van der Waals surface area contributed by atoms with Gasteiger partial charge in [-0.15, -0.1) is 22.7 Å². The largest absolute Gasteiger partial charge is 0.465 e. The quantitative estimate of drug-likeness (QED) is 0.300. The Bertz CT molecular complexity index is 1100. The van der Waals surface area contributed by atoms with E-state index in [1.165, 1.54) is 48.7 Å². The molecule has 0 saturated carbocycles. The van der Waals surface area contributed by atoms with Crippen LogP contribution in [0.1, 0.15) is 80.1 Å². The number of carbonyl (C=O) groups excluding carboxylic acids is 4. The number of anilines is 2. The van der Waals surface area contributed by atoms with Crippen molar-refractivity contribution in [2.75, 3.05) is 36.4 Å². The van der Waals surface area contributed by atoms with E-state index in [-0.39, 0.29) is 24.7 Å². The Morgan fingerprint density at radius 1 is 0.703 bits per heavy atom. The van der Waals surface area contributed by atoms with Crippen LogP contribution in [-0.4, -0.2) is 49.5 Å². The third-order valence-electron chi connectivity index (χ3n) is 6.57. The molecule has 0 saturated heterocycles. The van der Waals surface area contributed by atoms with Gasteiger partial charge in [0.15, 0.2) is 0 Å². The lowest BCUT2D eigenvalue weighted by molar-refractivity contribution is -0.116. The molecule has 2 amide bonds. The molecule has 2 aromatic rings. The van der Waals surface area contributed by atoms with Crippen LogP contribution >= 0.6 is 34.4 Å². The maximum absolute atomic E-state index is 12.6. The van der Waals surface area contributed by atoms with E-state index in [4.69, 9.17) is 9.47 Å². The number of thiophene rings is 2. The minimum atomic E-state index is -0.406. The molecule has 11 heteroatoms. The number of amides is 2. The van der Waals surface area contributed by atoms with Gasteiger partial charge < -0.3 is 20.1 Å². The monoisotopic (exact) mass is 564 g/mol. The number of aryl methyl sites for hydroxylation is 2. The lowest BCUT2D eigenvalue weighted by atomic mass is 9.95. The number of carbonyl (C=O) groups is 4. The van der Waals surface area contributed by atoms with Gasteiger partial charge >= 0.3 is 11.9 Å². The maximum atomic E-state index is 12.6. The van der Waals surface area contributed by atoms with Crippen LogP contribution < -0.4 is 10.6 Å². The second-order valence-corrected chi connectivity index (χ2v) is 12.5. The Morgan fingerprint density at radius 2 is 1.11 bits per heavy atom. The van der Waals surface area contributed by atoms with Gasteiger partial charge in [-0.1, -0.05) is 0 Å². The van der Waals surface area contributed by atoms with Crippen molar-refractivity contribution in [3.8, 4) is 0 Å². The summed E-state index contributed by atoms with van der Waals surface area (Å²) in [6.07, 6.45) is 8.31. The van der Waals surface area contributed by atoms with Crippen LogP contribution in [0, 0.1) is 0 Å². The number of esters is 2. The predicted molar refractivity (Wildman–Crippen MR) is 148 cm³/mol. The Hall–Kier alpha value is -2.37. The molecule has 2 aliphatic carbocycles. The van der Waals surface area contributed by atoms with Gasteiger partial charge in [-0.2, -0.15) is 11.8 Å². The molecular formula is C26H32N2O6S3. The van der Waals surface area contributed by atoms with Gasteiger partial charge in [0.1, 0.15) is 10.0 Å². The first-order chi connectivity index (χ1) is 17.9. The highest BCUT2D eigenvalue weighted by Crippen LogP contribution is 2.39. The third-order valence-corrected chi connectivity index (χ3v) is 9.97. The van der Waals surface area contributed by atoms with Gasteiger partial charge in [-0.3, -0.25) is 9.59 Å². The van der Waals surface area contributed by atoms with E-state index in [9.17, 15) is 19.2 Å². The first-order valence-electron chi connectivity index (χ1n) is 12.6. The molecule has 0 atom stereocenters. The minimum Gasteiger partial charge on any atom is -0.465 e. The normalized spacial score (nSPS) is 14.3. The predicted octanol–water partition coefficient (Wildman–Crippen LogP) is 5.23. The molecule has 0 aliphatic heterocycles. The fourth-order valence-corrected chi connectivity index (χ4v) is 8.20. The van der Waals surface area contributed by atoms with Crippen molar-refractivity contribution in [1.29, 1.82) is 0 Å². The standard InChI is InChI=1S/C26H32N2O6S3/c1-33-25(31)21-15-7-3-5-9-17(15)36-23(21)27-19(29)11-13-35-14-12-20(30)28-24-22(26(32)34-2)16-8-4-6-10-18(16)37-24/h3-14H2,1-2H3,(H,27,29)(H,28,30). The smallest absolute Gasteiger partial charge is 0.341 e. The van der Waals surface area contributed by atoms with Crippen LogP contribution in [0.4, 0.5) is 10.0 Å². The summed E-state index contributed by atoms with van der Waals surface area (Å²) >= 11 is 4.46. The Balaban J connectivity index is 1.24.